The van der Waals surface area contributed by atoms with E-state index in [0.29, 0.717) is 16.7 Å². The molecule has 1 heterocycles. The van der Waals surface area contributed by atoms with E-state index in [1.807, 2.05) is 32.9 Å². The lowest BCUT2D eigenvalue weighted by molar-refractivity contribution is -0.116. The van der Waals surface area contributed by atoms with Gasteiger partial charge in [0.05, 0.1) is 11.0 Å². The third kappa shape index (κ3) is 3.48. The van der Waals surface area contributed by atoms with Crippen molar-refractivity contribution >= 4 is 28.3 Å². The van der Waals surface area contributed by atoms with Crippen LogP contribution in [0.5, 0.6) is 0 Å². The van der Waals surface area contributed by atoms with Gasteiger partial charge in [0.25, 0.3) is 0 Å². The van der Waals surface area contributed by atoms with Crippen molar-refractivity contribution in [3.63, 3.8) is 0 Å². The number of fused-ring (bicyclic) bond motifs is 1. The Morgan fingerprint density at radius 1 is 0.958 bits per heavy atom. The van der Waals surface area contributed by atoms with Crippen molar-refractivity contribution in [1.29, 1.82) is 0 Å². The van der Waals surface area contributed by atoms with E-state index in [9.17, 15) is 9.59 Å². The van der Waals surface area contributed by atoms with Crippen molar-refractivity contribution in [3.05, 3.63) is 58.0 Å². The van der Waals surface area contributed by atoms with Gasteiger partial charge in [0.1, 0.15) is 6.04 Å². The van der Waals surface area contributed by atoms with Gasteiger partial charge in [-0.3, -0.25) is 4.79 Å². The van der Waals surface area contributed by atoms with Crippen molar-refractivity contribution in [2.24, 2.45) is 0 Å². The number of carbonyl (C=O) groups is 1. The summed E-state index contributed by atoms with van der Waals surface area (Å²) < 4.78 is 0. The number of rotatable bonds is 4. The average molecular weight is 324 g/mol. The van der Waals surface area contributed by atoms with E-state index in [1.165, 1.54) is 0 Å². The molecule has 3 aromatic rings. The molecule has 0 aliphatic carbocycles. The third-order valence-electron chi connectivity index (χ3n) is 3.78. The van der Waals surface area contributed by atoms with Crippen LogP contribution in [0, 0.1) is 13.8 Å². The molecule has 24 heavy (non-hydrogen) atoms. The van der Waals surface area contributed by atoms with Crippen molar-refractivity contribution in [3.8, 4) is 0 Å². The molecule has 124 valence electrons. The molecule has 6 heteroatoms. The Labute approximate surface area is 139 Å². The lowest BCUT2D eigenvalue weighted by Crippen LogP contribution is -2.31. The molecule has 1 atom stereocenters. The Hall–Kier alpha value is -3.02. The summed E-state index contributed by atoms with van der Waals surface area (Å²) in [6, 6.07) is 10.9. The maximum Gasteiger partial charge on any atom is 0.323 e. The zero-order valence-electron chi connectivity index (χ0n) is 13.9. The van der Waals surface area contributed by atoms with Gasteiger partial charge in [0, 0.05) is 11.4 Å². The fourth-order valence-electron chi connectivity index (χ4n) is 2.73. The highest BCUT2D eigenvalue weighted by molar-refractivity contribution is 5.97. The van der Waals surface area contributed by atoms with Gasteiger partial charge < -0.3 is 20.6 Å². The second kappa shape index (κ2) is 6.23. The van der Waals surface area contributed by atoms with E-state index >= 15 is 0 Å². The number of nitrogens with one attached hydrogen (secondary N) is 4. The molecule has 1 amide bonds. The molecule has 0 saturated heterocycles. The molecule has 0 aliphatic rings. The Kier molecular flexibility index (Phi) is 4.12. The monoisotopic (exact) mass is 324 g/mol. The lowest BCUT2D eigenvalue weighted by Gasteiger charge is -2.16. The van der Waals surface area contributed by atoms with Crippen LogP contribution in [0.4, 0.5) is 11.4 Å². The van der Waals surface area contributed by atoms with E-state index in [2.05, 4.69) is 26.7 Å². The Morgan fingerprint density at radius 3 is 2.33 bits per heavy atom. The maximum absolute atomic E-state index is 12.4. The number of hydrogen-bond donors (Lipinski definition) is 4. The molecule has 0 aliphatic heterocycles. The van der Waals surface area contributed by atoms with Crippen molar-refractivity contribution in [1.82, 2.24) is 9.97 Å². The number of aromatic nitrogens is 2. The first-order valence-electron chi connectivity index (χ1n) is 7.78. The van der Waals surface area contributed by atoms with Crippen LogP contribution in [-0.4, -0.2) is 21.9 Å². The van der Waals surface area contributed by atoms with E-state index in [4.69, 9.17) is 0 Å². The summed E-state index contributed by atoms with van der Waals surface area (Å²) in [6.45, 7) is 5.86. The van der Waals surface area contributed by atoms with Crippen LogP contribution in [0.3, 0.4) is 0 Å². The summed E-state index contributed by atoms with van der Waals surface area (Å²) in [5, 5.41) is 6.06. The van der Waals surface area contributed by atoms with Gasteiger partial charge in [-0.15, -0.1) is 0 Å². The number of amides is 1. The normalized spacial score (nSPS) is 12.1. The second-order valence-electron chi connectivity index (χ2n) is 6.07. The SMILES string of the molecule is Cc1cc(C)cc(N[C@H](C)C(=O)Nc2ccc3[nH]c(=O)[nH]c3c2)c1. The number of benzene rings is 2. The fourth-order valence-corrected chi connectivity index (χ4v) is 2.73. The number of anilines is 2. The Bertz CT molecular complexity index is 935. The first-order valence-corrected chi connectivity index (χ1v) is 7.78. The van der Waals surface area contributed by atoms with Crippen molar-refractivity contribution in [2.45, 2.75) is 26.8 Å². The molecule has 1 aromatic heterocycles. The number of aryl methyl sites for hydroxylation is 2. The first-order chi connectivity index (χ1) is 11.4. The molecule has 2 aromatic carbocycles. The van der Waals surface area contributed by atoms with E-state index in [1.54, 1.807) is 18.2 Å². The van der Waals surface area contributed by atoms with Crippen LogP contribution in [0.2, 0.25) is 0 Å². The summed E-state index contributed by atoms with van der Waals surface area (Å²) in [5.41, 5.74) is 4.95. The molecule has 4 N–H and O–H groups in total. The zero-order chi connectivity index (χ0) is 17.3. The summed E-state index contributed by atoms with van der Waals surface area (Å²) in [5.74, 6) is -0.147. The molecule has 6 nitrogen and oxygen atoms in total. The summed E-state index contributed by atoms with van der Waals surface area (Å²) in [7, 11) is 0. The van der Waals surface area contributed by atoms with Crippen LogP contribution >= 0.6 is 0 Å². The predicted octanol–water partition coefficient (Wildman–Crippen LogP) is 2.91. The Balaban J connectivity index is 1.71. The van der Waals surface area contributed by atoms with E-state index in [-0.39, 0.29) is 11.6 Å². The topological polar surface area (TPSA) is 89.8 Å². The van der Waals surface area contributed by atoms with Crippen molar-refractivity contribution < 1.29 is 4.79 Å². The van der Waals surface area contributed by atoms with Crippen molar-refractivity contribution in [2.75, 3.05) is 10.6 Å². The summed E-state index contributed by atoms with van der Waals surface area (Å²) in [4.78, 5) is 29.0. The van der Waals surface area contributed by atoms with Crippen LogP contribution in [-0.2, 0) is 4.79 Å². The highest BCUT2D eigenvalue weighted by atomic mass is 16.2. The van der Waals surface area contributed by atoms with Gasteiger partial charge in [0.15, 0.2) is 0 Å². The van der Waals surface area contributed by atoms with Crippen LogP contribution in [0.25, 0.3) is 11.0 Å². The van der Waals surface area contributed by atoms with E-state index in [0.717, 1.165) is 16.8 Å². The van der Waals surface area contributed by atoms with Gasteiger partial charge in [-0.25, -0.2) is 4.79 Å². The minimum atomic E-state index is -0.396. The quantitative estimate of drug-likeness (QED) is 0.595. The van der Waals surface area contributed by atoms with Gasteiger partial charge in [-0.2, -0.15) is 0 Å². The molecule has 0 saturated carbocycles. The number of aromatic amines is 2. The minimum Gasteiger partial charge on any atom is -0.374 e. The minimum absolute atomic E-state index is 0.147. The van der Waals surface area contributed by atoms with Crippen LogP contribution < -0.4 is 16.3 Å². The van der Waals surface area contributed by atoms with Crippen LogP contribution in [0.15, 0.2) is 41.2 Å². The van der Waals surface area contributed by atoms with Gasteiger partial charge in [-0.05, 0) is 62.2 Å². The first kappa shape index (κ1) is 15.9. The second-order valence-corrected chi connectivity index (χ2v) is 6.07. The van der Waals surface area contributed by atoms with Gasteiger partial charge in [-0.1, -0.05) is 6.07 Å². The molecular weight excluding hydrogens is 304 g/mol. The molecule has 0 fully saturated rings. The molecule has 0 spiro atoms. The maximum atomic E-state index is 12.4. The summed E-state index contributed by atoms with van der Waals surface area (Å²) in [6.07, 6.45) is 0. The zero-order valence-corrected chi connectivity index (χ0v) is 13.9. The van der Waals surface area contributed by atoms with Gasteiger partial charge in [0.2, 0.25) is 5.91 Å². The number of carbonyl (C=O) groups excluding carboxylic acids is 1. The predicted molar refractivity (Wildman–Crippen MR) is 96.5 cm³/mol. The highest BCUT2D eigenvalue weighted by Gasteiger charge is 2.13. The lowest BCUT2D eigenvalue weighted by atomic mass is 10.1. The summed E-state index contributed by atoms with van der Waals surface area (Å²) >= 11 is 0. The molecular formula is C18H20N4O2. The molecule has 0 radical (unpaired) electrons. The van der Waals surface area contributed by atoms with Gasteiger partial charge >= 0.3 is 5.69 Å². The largest absolute Gasteiger partial charge is 0.374 e. The molecule has 0 bridgehead atoms. The van der Waals surface area contributed by atoms with Crippen LogP contribution in [0.1, 0.15) is 18.1 Å². The average Bonchev–Trinajstić information content (AvgIpc) is 2.85. The molecule has 3 rings (SSSR count). The fraction of sp³-hybridized carbons (Fsp3) is 0.222. The standard InChI is InChI=1S/C18H20N4O2/c1-10-6-11(2)8-14(7-10)19-12(3)17(23)20-13-4-5-15-16(9-13)22-18(24)21-15/h4-9,12,19H,1-3H3,(H,20,23)(H2,21,22,24)/t12-/m1/s1. The van der Waals surface area contributed by atoms with E-state index < -0.39 is 6.04 Å². The number of imidazole rings is 1. The highest BCUT2D eigenvalue weighted by Crippen LogP contribution is 2.17. The number of hydrogen-bond acceptors (Lipinski definition) is 3. The molecule has 0 unspecified atom stereocenters. The Morgan fingerprint density at radius 2 is 1.62 bits per heavy atom. The third-order valence-corrected chi connectivity index (χ3v) is 3.78. The smallest absolute Gasteiger partial charge is 0.323 e. The number of H-pyrrole nitrogens is 2.